The predicted molar refractivity (Wildman–Crippen MR) is 298 cm³/mol. The summed E-state index contributed by atoms with van der Waals surface area (Å²) in [6, 6.07) is 25.9. The molecule has 0 spiro atoms. The van der Waals surface area contributed by atoms with Gasteiger partial charge in [0.25, 0.3) is 0 Å². The molecule has 8 aromatic rings. The Balaban J connectivity index is 0.000000223. The van der Waals surface area contributed by atoms with Gasteiger partial charge in [0, 0.05) is 74.5 Å². The van der Waals surface area contributed by atoms with Crippen molar-refractivity contribution in [3.05, 3.63) is 143 Å². The second-order valence-corrected chi connectivity index (χ2v) is 19.7. The van der Waals surface area contributed by atoms with E-state index in [2.05, 4.69) is 79.9 Å². The predicted octanol–water partition coefficient (Wildman–Crippen LogP) is 11.6. The van der Waals surface area contributed by atoms with Crippen LogP contribution in [0.2, 0.25) is 0 Å². The lowest BCUT2D eigenvalue weighted by Crippen LogP contribution is -2.33. The van der Waals surface area contributed by atoms with Gasteiger partial charge in [-0.2, -0.15) is 72.6 Å². The molecule has 34 heteroatoms. The molecule has 496 valence electrons. The maximum atomic E-state index is 12.4. The molecular formula is C58H60F12N12O10. The third-order valence-corrected chi connectivity index (χ3v) is 13.0. The van der Waals surface area contributed by atoms with Crippen LogP contribution in [0.15, 0.2) is 115 Å². The van der Waals surface area contributed by atoms with Crippen LogP contribution in [0.1, 0.15) is 100 Å². The third-order valence-electron chi connectivity index (χ3n) is 13.0. The Morgan fingerprint density at radius 3 is 0.728 bits per heavy atom. The quantitative estimate of drug-likeness (QED) is 0.0516. The molecule has 4 aromatic heterocycles. The standard InChI is InChI=1S/2C15H16F3N3O2.2C14H14F3N3O3/c2*1-3-9(2)13(22)19-8-10-4-6-11(7-5-10)12-20-14(23-21-12)15(16,17)18;2*1-8(22-2)12(21)18-7-9-3-5-10(6-4-9)11-19-13(23-20-11)14(15,16)17/h2*4-7,9H,3,8H2,1-2H3,(H,19,22);2*3-6,8H,7H2,1-2H3,(H,18,21)/t2*9-;2*8-/m1010/s1. The number of nitrogens with one attached hydrogen (secondary N) is 4. The van der Waals surface area contributed by atoms with Gasteiger partial charge in [0.2, 0.25) is 46.9 Å². The lowest BCUT2D eigenvalue weighted by Gasteiger charge is -2.10. The number of benzene rings is 4. The number of nitrogens with zero attached hydrogens (tertiary/aromatic N) is 8. The van der Waals surface area contributed by atoms with E-state index in [0.29, 0.717) is 35.3 Å². The van der Waals surface area contributed by atoms with Crippen LogP contribution in [0.4, 0.5) is 52.7 Å². The summed E-state index contributed by atoms with van der Waals surface area (Å²) in [7, 11) is 2.86. The smallest absolute Gasteiger partial charge is 0.372 e. The van der Waals surface area contributed by atoms with E-state index in [0.717, 1.165) is 35.1 Å². The van der Waals surface area contributed by atoms with Crippen LogP contribution in [-0.2, 0) is 79.5 Å². The number of amides is 4. The zero-order valence-corrected chi connectivity index (χ0v) is 50.0. The van der Waals surface area contributed by atoms with Gasteiger partial charge < -0.3 is 48.8 Å². The van der Waals surface area contributed by atoms with Crippen molar-refractivity contribution in [1.82, 2.24) is 61.8 Å². The van der Waals surface area contributed by atoms with Crippen LogP contribution in [0.3, 0.4) is 0 Å². The molecule has 4 aromatic carbocycles. The topological polar surface area (TPSA) is 291 Å². The number of carbonyl (C=O) groups is 4. The van der Waals surface area contributed by atoms with Gasteiger partial charge in [-0.3, -0.25) is 19.2 Å². The Morgan fingerprint density at radius 2 is 0.565 bits per heavy atom. The van der Waals surface area contributed by atoms with Gasteiger partial charge >= 0.3 is 48.3 Å². The number of halogens is 12. The Bertz CT molecular complexity index is 3140. The summed E-state index contributed by atoms with van der Waals surface area (Å²) in [6.45, 7) is 12.0. The highest BCUT2D eigenvalue weighted by Crippen LogP contribution is 2.33. The fraction of sp³-hybridized carbons (Fsp3) is 0.379. The highest BCUT2D eigenvalue weighted by Gasteiger charge is 2.41. The number of alkyl halides is 12. The second-order valence-electron chi connectivity index (χ2n) is 19.7. The largest absolute Gasteiger partial charge is 0.471 e. The monoisotopic (exact) mass is 1310 g/mol. The van der Waals surface area contributed by atoms with Crippen molar-refractivity contribution in [3.8, 4) is 45.6 Å². The van der Waals surface area contributed by atoms with Crippen LogP contribution in [-0.4, -0.2) is 90.6 Å². The summed E-state index contributed by atoms with van der Waals surface area (Å²) in [5.41, 5.74) is 4.75. The first kappa shape index (κ1) is 73.1. The molecule has 0 radical (unpaired) electrons. The SMILES string of the molecule is CC[C@@H](C)C(=O)NCc1ccc(-c2noc(C(F)(F)F)n2)cc1.CC[C@H](C)C(=O)NCc1ccc(-c2noc(C(F)(F)F)n2)cc1.CO[C@@H](C)C(=O)NCc1ccc(-c2noc(C(F)(F)F)n2)cc1.CO[C@H](C)C(=O)NCc1ccc(-c2noc(C(F)(F)F)n2)cc1. The van der Waals surface area contributed by atoms with Gasteiger partial charge in [-0.05, 0) is 48.9 Å². The molecule has 0 unspecified atom stereocenters. The van der Waals surface area contributed by atoms with Gasteiger partial charge in [-0.25, -0.2) is 0 Å². The fourth-order valence-electron chi connectivity index (χ4n) is 6.89. The van der Waals surface area contributed by atoms with Gasteiger partial charge in [-0.1, -0.05) is 145 Å². The molecule has 8 rings (SSSR count). The van der Waals surface area contributed by atoms with Crippen molar-refractivity contribution in [2.24, 2.45) is 11.8 Å². The molecule has 4 amide bonds. The van der Waals surface area contributed by atoms with Crippen molar-refractivity contribution in [2.75, 3.05) is 14.2 Å². The lowest BCUT2D eigenvalue weighted by atomic mass is 10.1. The van der Waals surface area contributed by atoms with Crippen molar-refractivity contribution in [3.63, 3.8) is 0 Å². The summed E-state index contributed by atoms with van der Waals surface area (Å²) in [5, 5.41) is 24.2. The molecule has 22 nitrogen and oxygen atoms in total. The average Bonchev–Trinajstić information content (AvgIpc) is 1.78. The Hall–Kier alpha value is -9.60. The molecule has 4 atom stereocenters. The van der Waals surface area contributed by atoms with E-state index in [-0.39, 0.29) is 71.9 Å². The number of aromatic nitrogens is 8. The zero-order chi connectivity index (χ0) is 68.1. The maximum Gasteiger partial charge on any atom is 0.471 e. The summed E-state index contributed by atoms with van der Waals surface area (Å²) < 4.78 is 175. The molecule has 0 saturated carbocycles. The number of ether oxygens (including phenoxy) is 2. The summed E-state index contributed by atoms with van der Waals surface area (Å²) in [5.74, 6) is -6.82. The fourth-order valence-corrected chi connectivity index (χ4v) is 6.89. The van der Waals surface area contributed by atoms with Gasteiger partial charge in [0.05, 0.1) is 0 Å². The molecular weight excluding hydrogens is 1250 g/mol. The van der Waals surface area contributed by atoms with Gasteiger partial charge in [0.1, 0.15) is 12.2 Å². The van der Waals surface area contributed by atoms with E-state index >= 15 is 0 Å². The number of methoxy groups -OCH3 is 2. The van der Waals surface area contributed by atoms with Crippen LogP contribution in [0, 0.1) is 11.8 Å². The van der Waals surface area contributed by atoms with Gasteiger partial charge in [-0.15, -0.1) is 0 Å². The highest BCUT2D eigenvalue weighted by molar-refractivity contribution is 5.81. The number of carbonyl (C=O) groups excluding carboxylic acids is 4. The molecule has 0 fully saturated rings. The first-order chi connectivity index (χ1) is 43.2. The summed E-state index contributed by atoms with van der Waals surface area (Å²) in [4.78, 5) is 59.7. The molecule has 92 heavy (non-hydrogen) atoms. The number of hydrogen-bond acceptors (Lipinski definition) is 18. The Kier molecular flexibility index (Phi) is 26.2. The Labute approximate surface area is 515 Å². The third kappa shape index (κ3) is 22.4. The van der Waals surface area contributed by atoms with E-state index in [1.807, 2.05) is 27.7 Å². The van der Waals surface area contributed by atoms with E-state index in [9.17, 15) is 71.9 Å². The van der Waals surface area contributed by atoms with Gasteiger partial charge in [0.15, 0.2) is 0 Å². The minimum atomic E-state index is -4.67. The van der Waals surface area contributed by atoms with Crippen molar-refractivity contribution < 1.29 is 99.4 Å². The minimum Gasteiger partial charge on any atom is -0.372 e. The molecule has 0 saturated heterocycles. The minimum absolute atomic E-state index is 0.0374. The molecule has 4 N–H and O–H groups in total. The number of hydrogen-bond donors (Lipinski definition) is 4. The van der Waals surface area contributed by atoms with Crippen LogP contribution < -0.4 is 21.3 Å². The zero-order valence-electron chi connectivity index (χ0n) is 50.0. The Morgan fingerprint density at radius 1 is 0.370 bits per heavy atom. The van der Waals surface area contributed by atoms with E-state index in [1.165, 1.54) is 14.2 Å². The van der Waals surface area contributed by atoms with Crippen molar-refractivity contribution >= 4 is 23.6 Å². The molecule has 4 heterocycles. The number of rotatable bonds is 20. The van der Waals surface area contributed by atoms with Crippen LogP contribution in [0.5, 0.6) is 0 Å². The molecule has 0 aliphatic heterocycles. The first-order valence-electron chi connectivity index (χ1n) is 27.4. The van der Waals surface area contributed by atoms with Crippen LogP contribution >= 0.6 is 0 Å². The lowest BCUT2D eigenvalue weighted by molar-refractivity contribution is -0.160. The molecule has 0 bridgehead atoms. The maximum absolute atomic E-state index is 12.4. The van der Waals surface area contributed by atoms with E-state index < -0.39 is 60.5 Å². The summed E-state index contributed by atoms with van der Waals surface area (Å²) in [6.07, 6.45) is -18.3. The van der Waals surface area contributed by atoms with Crippen LogP contribution in [0.25, 0.3) is 45.6 Å². The summed E-state index contributed by atoms with van der Waals surface area (Å²) >= 11 is 0. The first-order valence-corrected chi connectivity index (χ1v) is 27.4. The van der Waals surface area contributed by atoms with Crippen molar-refractivity contribution in [1.29, 1.82) is 0 Å². The second kappa shape index (κ2) is 32.9. The van der Waals surface area contributed by atoms with E-state index in [1.54, 1.807) is 111 Å². The van der Waals surface area contributed by atoms with E-state index in [4.69, 9.17) is 9.47 Å². The molecule has 0 aliphatic carbocycles. The highest BCUT2D eigenvalue weighted by atomic mass is 19.4. The van der Waals surface area contributed by atoms with Crippen molar-refractivity contribution in [2.45, 2.75) is 117 Å². The average molecular weight is 1310 g/mol. The normalized spacial score (nSPS) is 12.9. The molecule has 0 aliphatic rings.